The number of thiophene rings is 2. The normalized spacial score (nSPS) is 13.4. The number of aryl methyl sites for hydroxylation is 2. The second-order valence-corrected chi connectivity index (χ2v) is 11.3. The van der Waals surface area contributed by atoms with Crippen molar-refractivity contribution in [2.75, 3.05) is 17.7 Å². The van der Waals surface area contributed by atoms with E-state index in [0.717, 1.165) is 61.9 Å². The third-order valence-corrected chi connectivity index (χ3v) is 8.95. The number of esters is 1. The summed E-state index contributed by atoms with van der Waals surface area (Å²) in [6.07, 6.45) is 7.29. The maximum absolute atomic E-state index is 12.8. The zero-order valence-corrected chi connectivity index (χ0v) is 22.3. The molecule has 10 heteroatoms. The Balaban J connectivity index is 1.44. The van der Waals surface area contributed by atoms with Crippen LogP contribution >= 0.6 is 34.4 Å². The molecule has 4 rings (SSSR count). The zero-order chi connectivity index (χ0) is 24.1. The number of carbonyl (C=O) groups is 2. The summed E-state index contributed by atoms with van der Waals surface area (Å²) in [5.41, 5.74) is 2.65. The third kappa shape index (κ3) is 5.55. The summed E-state index contributed by atoms with van der Waals surface area (Å²) in [7, 11) is 1.92. The number of carbonyl (C=O) groups excluding carboxylic acids is 2. The van der Waals surface area contributed by atoms with Crippen molar-refractivity contribution in [3.63, 3.8) is 0 Å². The van der Waals surface area contributed by atoms with Crippen LogP contribution in [-0.2, 0) is 35.8 Å². The van der Waals surface area contributed by atoms with E-state index in [2.05, 4.69) is 33.9 Å². The summed E-state index contributed by atoms with van der Waals surface area (Å²) in [5.74, 6) is 0.466. The molecule has 0 fully saturated rings. The van der Waals surface area contributed by atoms with Crippen LogP contribution in [0.25, 0.3) is 11.4 Å². The van der Waals surface area contributed by atoms with Crippen molar-refractivity contribution < 1.29 is 14.3 Å². The Morgan fingerprint density at radius 1 is 1.21 bits per heavy atom. The molecule has 0 bridgehead atoms. The Bertz CT molecular complexity index is 1160. The van der Waals surface area contributed by atoms with Gasteiger partial charge in [-0.15, -0.1) is 32.9 Å². The standard InChI is InChI=1S/C24H30N4O3S3/c1-4-9-16-12-15(13-32-16)21-26-27-24(28(21)3)33-14-19(29)25-22-20(23(30)31-5-2)17-10-7-6-8-11-18(17)34-22/h12-13H,4-11,14H2,1-3H3,(H,25,29). The van der Waals surface area contributed by atoms with Crippen LogP contribution in [0.3, 0.4) is 0 Å². The molecule has 0 spiro atoms. The van der Waals surface area contributed by atoms with E-state index in [4.69, 9.17) is 4.74 Å². The number of anilines is 1. The SMILES string of the molecule is CCCc1cc(-c2nnc(SCC(=O)Nc3sc4c(c3C(=O)OCC)CCCCC4)n2C)cs1. The molecule has 182 valence electrons. The van der Waals surface area contributed by atoms with Crippen LogP contribution in [0.1, 0.15) is 65.2 Å². The van der Waals surface area contributed by atoms with Crippen LogP contribution in [0.15, 0.2) is 16.6 Å². The van der Waals surface area contributed by atoms with Crippen molar-refractivity contribution in [1.82, 2.24) is 14.8 Å². The maximum atomic E-state index is 12.8. The molecule has 3 heterocycles. The molecule has 1 amide bonds. The molecule has 1 N–H and O–H groups in total. The molecule has 0 atom stereocenters. The van der Waals surface area contributed by atoms with Gasteiger partial charge >= 0.3 is 5.97 Å². The molecule has 7 nitrogen and oxygen atoms in total. The molecule has 0 radical (unpaired) electrons. The Morgan fingerprint density at radius 3 is 2.82 bits per heavy atom. The molecule has 0 aliphatic heterocycles. The number of aromatic nitrogens is 3. The minimum atomic E-state index is -0.346. The Morgan fingerprint density at radius 2 is 2.03 bits per heavy atom. The highest BCUT2D eigenvalue weighted by Crippen LogP contribution is 2.38. The van der Waals surface area contributed by atoms with Crippen molar-refractivity contribution in [3.8, 4) is 11.4 Å². The van der Waals surface area contributed by atoms with Gasteiger partial charge in [-0.1, -0.05) is 31.5 Å². The molecule has 0 aromatic carbocycles. The predicted octanol–water partition coefficient (Wildman–Crippen LogP) is 5.73. The Hall–Kier alpha value is -2.17. The van der Waals surface area contributed by atoms with Crippen LogP contribution in [0.5, 0.6) is 0 Å². The number of hydrogen-bond donors (Lipinski definition) is 1. The largest absolute Gasteiger partial charge is 0.462 e. The van der Waals surface area contributed by atoms with Crippen LogP contribution < -0.4 is 5.32 Å². The van der Waals surface area contributed by atoms with Gasteiger partial charge in [0.05, 0.1) is 17.9 Å². The first-order valence-corrected chi connectivity index (χ1v) is 14.4. The van der Waals surface area contributed by atoms with Crippen molar-refractivity contribution in [2.45, 2.75) is 63.9 Å². The first kappa shape index (κ1) is 24.9. The average molecular weight is 519 g/mol. The lowest BCUT2D eigenvalue weighted by Gasteiger charge is -2.08. The van der Waals surface area contributed by atoms with Gasteiger partial charge in [-0.3, -0.25) is 4.79 Å². The molecule has 0 unspecified atom stereocenters. The highest BCUT2D eigenvalue weighted by molar-refractivity contribution is 7.99. The van der Waals surface area contributed by atoms with Gasteiger partial charge in [0.1, 0.15) is 5.00 Å². The van der Waals surface area contributed by atoms with Gasteiger partial charge in [-0.25, -0.2) is 4.79 Å². The van der Waals surface area contributed by atoms with Crippen LogP contribution in [-0.4, -0.2) is 39.0 Å². The number of fused-ring (bicyclic) bond motifs is 1. The van der Waals surface area contributed by atoms with E-state index in [1.54, 1.807) is 18.3 Å². The van der Waals surface area contributed by atoms with E-state index in [-0.39, 0.29) is 17.6 Å². The summed E-state index contributed by atoms with van der Waals surface area (Å²) in [5, 5.41) is 15.0. The fraction of sp³-hybridized carbons (Fsp3) is 0.500. The molecule has 1 aliphatic rings. The van der Waals surface area contributed by atoms with Gasteiger partial charge in [-0.2, -0.15) is 0 Å². The van der Waals surface area contributed by atoms with Crippen molar-refractivity contribution in [3.05, 3.63) is 32.3 Å². The van der Waals surface area contributed by atoms with Gasteiger partial charge in [0.25, 0.3) is 0 Å². The second kappa shape index (κ2) is 11.5. The third-order valence-electron chi connectivity index (χ3n) is 5.73. The van der Waals surface area contributed by atoms with Crippen molar-refractivity contribution in [2.24, 2.45) is 7.05 Å². The summed E-state index contributed by atoms with van der Waals surface area (Å²) in [6.45, 7) is 4.28. The highest BCUT2D eigenvalue weighted by atomic mass is 32.2. The lowest BCUT2D eigenvalue weighted by Crippen LogP contribution is -2.17. The summed E-state index contributed by atoms with van der Waals surface area (Å²) >= 11 is 4.59. The minimum Gasteiger partial charge on any atom is -0.462 e. The Kier molecular flexibility index (Phi) is 8.44. The minimum absolute atomic E-state index is 0.169. The topological polar surface area (TPSA) is 86.1 Å². The lowest BCUT2D eigenvalue weighted by molar-refractivity contribution is -0.113. The first-order chi connectivity index (χ1) is 16.5. The number of ether oxygens (including phenoxy) is 1. The van der Waals surface area contributed by atoms with Crippen LogP contribution in [0.4, 0.5) is 5.00 Å². The second-order valence-electron chi connectivity index (χ2n) is 8.24. The number of nitrogens with zero attached hydrogens (tertiary/aromatic N) is 3. The van der Waals surface area contributed by atoms with Crippen LogP contribution in [0.2, 0.25) is 0 Å². The predicted molar refractivity (Wildman–Crippen MR) is 139 cm³/mol. The summed E-state index contributed by atoms with van der Waals surface area (Å²) in [6, 6.07) is 2.16. The van der Waals surface area contributed by atoms with Gasteiger partial charge in [0, 0.05) is 27.7 Å². The smallest absolute Gasteiger partial charge is 0.341 e. The van der Waals surface area contributed by atoms with E-state index >= 15 is 0 Å². The fourth-order valence-corrected chi connectivity index (χ4v) is 7.08. The van der Waals surface area contributed by atoms with Crippen LogP contribution in [0, 0.1) is 0 Å². The van der Waals surface area contributed by atoms with E-state index in [1.807, 2.05) is 11.6 Å². The maximum Gasteiger partial charge on any atom is 0.341 e. The molecule has 0 saturated heterocycles. The number of thioether (sulfide) groups is 1. The van der Waals surface area contributed by atoms with E-state index in [1.165, 1.54) is 32.9 Å². The summed E-state index contributed by atoms with van der Waals surface area (Å²) < 4.78 is 7.24. The quantitative estimate of drug-likeness (QED) is 0.221. The highest BCUT2D eigenvalue weighted by Gasteiger charge is 2.26. The van der Waals surface area contributed by atoms with Gasteiger partial charge < -0.3 is 14.6 Å². The number of nitrogens with one attached hydrogen (secondary N) is 1. The van der Waals surface area contributed by atoms with Gasteiger partial charge in [0.15, 0.2) is 11.0 Å². The molecule has 1 aliphatic carbocycles. The number of amides is 1. The lowest BCUT2D eigenvalue weighted by atomic mass is 10.1. The molecule has 0 saturated carbocycles. The van der Waals surface area contributed by atoms with Crippen molar-refractivity contribution >= 4 is 51.3 Å². The average Bonchev–Trinajstić information content (AvgIpc) is 3.46. The fourth-order valence-electron chi connectivity index (χ4n) is 4.11. The molecule has 3 aromatic heterocycles. The molecule has 34 heavy (non-hydrogen) atoms. The molecular formula is C24H30N4O3S3. The summed E-state index contributed by atoms with van der Waals surface area (Å²) in [4.78, 5) is 28.1. The van der Waals surface area contributed by atoms with E-state index in [9.17, 15) is 9.59 Å². The van der Waals surface area contributed by atoms with E-state index in [0.29, 0.717) is 22.3 Å². The zero-order valence-electron chi connectivity index (χ0n) is 19.8. The van der Waals surface area contributed by atoms with Crippen molar-refractivity contribution in [1.29, 1.82) is 0 Å². The number of rotatable bonds is 9. The molecular weight excluding hydrogens is 488 g/mol. The first-order valence-electron chi connectivity index (χ1n) is 11.7. The van der Waals surface area contributed by atoms with E-state index < -0.39 is 0 Å². The Labute approximate surface area is 212 Å². The van der Waals surface area contributed by atoms with Gasteiger partial charge in [-0.05, 0) is 50.7 Å². The van der Waals surface area contributed by atoms with Gasteiger partial charge in [0.2, 0.25) is 5.91 Å². The molecule has 3 aromatic rings. The number of hydrogen-bond acceptors (Lipinski definition) is 8. The monoisotopic (exact) mass is 518 g/mol.